The van der Waals surface area contributed by atoms with Crippen LogP contribution in [0.5, 0.6) is 5.75 Å². The second-order valence-electron chi connectivity index (χ2n) is 10.00. The van der Waals surface area contributed by atoms with E-state index in [1.165, 1.54) is 6.92 Å². The van der Waals surface area contributed by atoms with Crippen LogP contribution in [0.3, 0.4) is 0 Å². The van der Waals surface area contributed by atoms with Gasteiger partial charge in [-0.25, -0.2) is 23.1 Å². The topological polar surface area (TPSA) is 147 Å². The van der Waals surface area contributed by atoms with E-state index in [1.807, 2.05) is 0 Å². The van der Waals surface area contributed by atoms with E-state index in [0.29, 0.717) is 9.95 Å². The first-order valence-corrected chi connectivity index (χ1v) is 15.9. The van der Waals surface area contributed by atoms with E-state index in [2.05, 4.69) is 10.1 Å². The lowest BCUT2D eigenvalue weighted by atomic mass is 9.98. The molecule has 1 aliphatic rings. The predicted molar refractivity (Wildman–Crippen MR) is 156 cm³/mol. The number of benzene rings is 2. The van der Waals surface area contributed by atoms with Crippen molar-refractivity contribution >= 4 is 52.6 Å². The van der Waals surface area contributed by atoms with Gasteiger partial charge in [-0.2, -0.15) is 4.98 Å². The summed E-state index contributed by atoms with van der Waals surface area (Å²) >= 11 is 11.5. The second-order valence-corrected chi connectivity index (χ2v) is 13.5. The van der Waals surface area contributed by atoms with Gasteiger partial charge in [-0.05, 0) is 44.0 Å². The number of aliphatic hydroxyl groups excluding tert-OH is 1. The van der Waals surface area contributed by atoms with Gasteiger partial charge in [-0.3, -0.25) is 9.36 Å². The van der Waals surface area contributed by atoms with Gasteiger partial charge in [0.25, 0.3) is 6.43 Å². The fourth-order valence-corrected chi connectivity index (χ4v) is 6.88. The van der Waals surface area contributed by atoms with Crippen LogP contribution in [0, 0.1) is 0 Å². The number of alkyl halides is 3. The number of fused-ring (bicyclic) bond motifs is 1. The molecule has 43 heavy (non-hydrogen) atoms. The molecule has 2 heterocycles. The number of aromatic nitrogens is 2. The fourth-order valence-electron chi connectivity index (χ4n) is 4.31. The number of nitrogens with one attached hydrogen (secondary N) is 1. The van der Waals surface area contributed by atoms with Crippen LogP contribution in [-0.4, -0.2) is 63.7 Å². The fraction of sp³-hybridized carbons (Fsp3) is 0.423. The number of carbonyl (C=O) groups excluding carboxylic acids is 1. The van der Waals surface area contributed by atoms with Gasteiger partial charge in [0.1, 0.15) is 23.7 Å². The predicted octanol–water partition coefficient (Wildman–Crippen LogP) is 4.11. The van der Waals surface area contributed by atoms with Crippen molar-refractivity contribution in [3.05, 3.63) is 64.2 Å². The van der Waals surface area contributed by atoms with Crippen molar-refractivity contribution in [3.8, 4) is 5.75 Å². The lowest BCUT2D eigenvalue weighted by Crippen LogP contribution is -2.51. The third-order valence-electron chi connectivity index (χ3n) is 6.46. The Morgan fingerprint density at radius 2 is 1.95 bits per heavy atom. The van der Waals surface area contributed by atoms with Gasteiger partial charge >= 0.3 is 18.3 Å². The Morgan fingerprint density at radius 3 is 2.63 bits per heavy atom. The van der Waals surface area contributed by atoms with Crippen LogP contribution in [0.15, 0.2) is 53.5 Å². The Bertz CT molecular complexity index is 1600. The smallest absolute Gasteiger partial charge is 0.351 e. The van der Waals surface area contributed by atoms with Crippen molar-refractivity contribution in [2.45, 2.75) is 63.4 Å². The van der Waals surface area contributed by atoms with Crippen LogP contribution in [0.25, 0.3) is 10.8 Å². The number of nitrogen functional groups attached to an aromatic ring is 1. The highest BCUT2D eigenvalue weighted by Gasteiger charge is 2.62. The van der Waals surface area contributed by atoms with E-state index in [4.69, 9.17) is 47.7 Å². The SMILES string of the molecule is CC(C)OC(=O)C(C)NP(=S)(OCC1(C(F)F)OC(n2cc(Cl)c(N)nc2=O)C(O)C1F)Oc1cccc2ccccc12. The Labute approximate surface area is 254 Å². The molecule has 0 aliphatic carbocycles. The van der Waals surface area contributed by atoms with Crippen LogP contribution in [0.4, 0.5) is 19.0 Å². The number of hydrogen-bond acceptors (Lipinski definition) is 10. The third-order valence-corrected chi connectivity index (χ3v) is 9.22. The van der Waals surface area contributed by atoms with Crippen molar-refractivity contribution in [2.75, 3.05) is 12.3 Å². The summed E-state index contributed by atoms with van der Waals surface area (Å²) in [6.45, 7) is -0.589. The first kappa shape index (κ1) is 33.1. The summed E-state index contributed by atoms with van der Waals surface area (Å²) in [6, 6.07) is 10.9. The largest absolute Gasteiger partial charge is 0.462 e. The van der Waals surface area contributed by atoms with Crippen LogP contribution >= 0.6 is 18.2 Å². The summed E-state index contributed by atoms with van der Waals surface area (Å²) in [7, 11) is 0. The highest BCUT2D eigenvalue weighted by molar-refractivity contribution is 8.09. The first-order valence-electron chi connectivity index (χ1n) is 12.9. The molecule has 234 valence electrons. The van der Waals surface area contributed by atoms with Gasteiger partial charge in [0.05, 0.1) is 17.7 Å². The maximum atomic E-state index is 15.6. The van der Waals surface area contributed by atoms with E-state index >= 15 is 4.39 Å². The average Bonchev–Trinajstić information content (AvgIpc) is 3.20. The number of nitrogens with two attached hydrogens (primary N) is 1. The van der Waals surface area contributed by atoms with Crippen molar-refractivity contribution in [1.29, 1.82) is 0 Å². The van der Waals surface area contributed by atoms with Crippen molar-refractivity contribution in [2.24, 2.45) is 0 Å². The van der Waals surface area contributed by atoms with Gasteiger partial charge in [-0.1, -0.05) is 48.0 Å². The van der Waals surface area contributed by atoms with E-state index in [0.717, 1.165) is 11.6 Å². The molecule has 11 nitrogen and oxygen atoms in total. The molecule has 4 N–H and O–H groups in total. The highest BCUT2D eigenvalue weighted by Crippen LogP contribution is 2.51. The molecular weight excluding hydrogens is 636 g/mol. The molecule has 1 aromatic heterocycles. The Morgan fingerprint density at radius 1 is 1.28 bits per heavy atom. The minimum absolute atomic E-state index is 0.195. The molecular formula is C26H29ClF3N4O7PS. The molecule has 0 radical (unpaired) electrons. The zero-order chi connectivity index (χ0) is 31.7. The molecule has 0 amide bonds. The van der Waals surface area contributed by atoms with Crippen LogP contribution < -0.4 is 21.0 Å². The van der Waals surface area contributed by atoms with E-state index < -0.39 is 67.6 Å². The quantitative estimate of drug-likeness (QED) is 0.201. The van der Waals surface area contributed by atoms with Gasteiger partial charge in [0, 0.05) is 11.6 Å². The molecule has 1 aliphatic heterocycles. The van der Waals surface area contributed by atoms with Crippen molar-refractivity contribution in [3.63, 3.8) is 0 Å². The average molecular weight is 665 g/mol. The van der Waals surface area contributed by atoms with E-state index in [1.54, 1.807) is 56.3 Å². The lowest BCUT2D eigenvalue weighted by molar-refractivity contribution is -0.182. The molecule has 2 aromatic carbocycles. The van der Waals surface area contributed by atoms with Crippen LogP contribution in [0.1, 0.15) is 27.0 Å². The summed E-state index contributed by atoms with van der Waals surface area (Å²) in [5, 5.41) is 14.4. The monoisotopic (exact) mass is 664 g/mol. The number of ether oxygens (including phenoxy) is 2. The number of carbonyl (C=O) groups is 1. The Balaban J connectivity index is 1.69. The van der Waals surface area contributed by atoms with Crippen molar-refractivity contribution < 1.29 is 41.6 Å². The van der Waals surface area contributed by atoms with Gasteiger partial charge in [0.2, 0.25) is 0 Å². The number of rotatable bonds is 11. The molecule has 17 heteroatoms. The molecule has 1 saturated heterocycles. The minimum atomic E-state index is -3.99. The number of nitrogens with zero attached hydrogens (tertiary/aromatic N) is 2. The number of aliphatic hydroxyl groups is 1. The Hall–Kier alpha value is -2.78. The zero-order valence-corrected chi connectivity index (χ0v) is 25.5. The van der Waals surface area contributed by atoms with Gasteiger partial charge < -0.3 is 29.4 Å². The molecule has 6 unspecified atom stereocenters. The summed E-state index contributed by atoms with van der Waals surface area (Å²) in [5.74, 6) is -0.903. The number of hydrogen-bond donors (Lipinski definition) is 3. The molecule has 1 fully saturated rings. The van der Waals surface area contributed by atoms with Gasteiger partial charge in [-0.15, -0.1) is 0 Å². The number of halogens is 4. The summed E-state index contributed by atoms with van der Waals surface area (Å²) in [5.41, 5.74) is 1.23. The van der Waals surface area contributed by atoms with Crippen LogP contribution in [0.2, 0.25) is 5.02 Å². The normalized spacial score (nSPS) is 24.3. The third kappa shape index (κ3) is 6.98. The summed E-state index contributed by atoms with van der Waals surface area (Å²) in [6.07, 6.45) is -10.2. The van der Waals surface area contributed by atoms with Gasteiger partial charge in [0.15, 0.2) is 18.0 Å². The van der Waals surface area contributed by atoms with E-state index in [9.17, 15) is 23.5 Å². The highest BCUT2D eigenvalue weighted by atomic mass is 35.5. The number of anilines is 1. The zero-order valence-electron chi connectivity index (χ0n) is 23.0. The second kappa shape index (κ2) is 13.1. The first-order chi connectivity index (χ1) is 20.2. The lowest BCUT2D eigenvalue weighted by Gasteiger charge is -2.33. The molecule has 3 aromatic rings. The van der Waals surface area contributed by atoms with Crippen LogP contribution in [-0.2, 0) is 30.6 Å². The Kier molecular flexibility index (Phi) is 10.1. The maximum absolute atomic E-state index is 15.6. The number of esters is 1. The molecule has 6 atom stereocenters. The maximum Gasteiger partial charge on any atom is 0.351 e. The molecule has 0 bridgehead atoms. The molecule has 0 spiro atoms. The van der Waals surface area contributed by atoms with Crippen molar-refractivity contribution in [1.82, 2.24) is 14.6 Å². The summed E-state index contributed by atoms with van der Waals surface area (Å²) in [4.78, 5) is 28.4. The summed E-state index contributed by atoms with van der Waals surface area (Å²) < 4.78 is 67.7. The van der Waals surface area contributed by atoms with E-state index in [-0.39, 0.29) is 16.6 Å². The molecule has 0 saturated carbocycles. The minimum Gasteiger partial charge on any atom is -0.462 e. The molecule has 4 rings (SSSR count). The standard InChI is InChI=1S/C26H29ClF3N4O7PS/c1-13(2)39-23(36)14(3)33-42(43,41-18-10-6-8-15-7-4-5-9-16(15)18)38-12-26(24(29)30)20(28)19(35)22(40-26)34-11-17(27)21(31)32-25(34)37/h4-11,13-14,19-20,22,24,35H,12H2,1-3H3,(H,33,43)(H2,31,32,37).